The van der Waals surface area contributed by atoms with Crippen molar-refractivity contribution < 1.29 is 19.1 Å². The second-order valence-corrected chi connectivity index (χ2v) is 6.72. The summed E-state index contributed by atoms with van der Waals surface area (Å²) in [5, 5.41) is 2.56. The molecular weight excluding hydrogens is 328 g/mol. The summed E-state index contributed by atoms with van der Waals surface area (Å²) >= 11 is 1.18. The molecule has 1 fully saturated rings. The van der Waals surface area contributed by atoms with Crippen molar-refractivity contribution in [2.75, 3.05) is 30.8 Å². The maximum atomic E-state index is 11.8. The summed E-state index contributed by atoms with van der Waals surface area (Å²) in [5.41, 5.74) is 1.88. The molecule has 0 unspecified atom stereocenters. The van der Waals surface area contributed by atoms with E-state index in [1.807, 2.05) is 24.3 Å². The Bertz CT molecular complexity index is 603. The first kappa shape index (κ1) is 18.3. The highest BCUT2D eigenvalue weighted by atomic mass is 32.2. The first-order chi connectivity index (χ1) is 11.5. The molecule has 0 spiro atoms. The summed E-state index contributed by atoms with van der Waals surface area (Å²) in [6, 6.07) is 7.63. The number of carbonyl (C=O) groups is 3. The zero-order valence-electron chi connectivity index (χ0n) is 13.9. The lowest BCUT2D eigenvalue weighted by Crippen LogP contribution is -2.32. The van der Waals surface area contributed by atoms with Crippen LogP contribution in [0.1, 0.15) is 31.7 Å². The van der Waals surface area contributed by atoms with Crippen LogP contribution in [0.2, 0.25) is 0 Å². The highest BCUT2D eigenvalue weighted by Gasteiger charge is 2.24. The molecule has 0 bridgehead atoms. The molecule has 1 atom stereocenters. The number of amides is 2. The van der Waals surface area contributed by atoms with Crippen LogP contribution in [0.4, 0.5) is 10.5 Å². The molecule has 130 valence electrons. The minimum absolute atomic E-state index is 0.108. The summed E-state index contributed by atoms with van der Waals surface area (Å²) < 4.78 is 4.91. The van der Waals surface area contributed by atoms with Gasteiger partial charge in [-0.25, -0.2) is 0 Å². The number of carbonyl (C=O) groups excluding carboxylic acids is 3. The Morgan fingerprint density at radius 3 is 2.62 bits per heavy atom. The van der Waals surface area contributed by atoms with Gasteiger partial charge in [-0.3, -0.25) is 14.4 Å². The lowest BCUT2D eigenvalue weighted by molar-refractivity contribution is -0.147. The molecular formula is C17H22N2O4S. The fraction of sp³-hybridized carbons (Fsp3) is 0.471. The van der Waals surface area contributed by atoms with Crippen molar-refractivity contribution in [1.29, 1.82) is 0 Å². The standard InChI is InChI=1S/C17H22N2O4S/c1-3-12(2)13-4-6-14(7-5-13)18-15(20)11-23-16(21)10-19-8-9-24-17(19)22/h4-7,12H,3,8-11H2,1-2H3,(H,18,20)/t12-/m1/s1. The van der Waals surface area contributed by atoms with Gasteiger partial charge in [-0.05, 0) is 30.0 Å². The highest BCUT2D eigenvalue weighted by molar-refractivity contribution is 8.13. The van der Waals surface area contributed by atoms with Crippen molar-refractivity contribution >= 4 is 34.6 Å². The van der Waals surface area contributed by atoms with Gasteiger partial charge in [0.2, 0.25) is 0 Å². The number of nitrogens with one attached hydrogen (secondary N) is 1. The fourth-order valence-electron chi connectivity index (χ4n) is 2.24. The first-order valence-electron chi connectivity index (χ1n) is 7.96. The molecule has 1 aliphatic heterocycles. The monoisotopic (exact) mass is 350 g/mol. The van der Waals surface area contributed by atoms with E-state index in [-0.39, 0.29) is 18.4 Å². The molecule has 1 heterocycles. The van der Waals surface area contributed by atoms with Crippen LogP contribution < -0.4 is 5.32 Å². The van der Waals surface area contributed by atoms with E-state index in [9.17, 15) is 14.4 Å². The highest BCUT2D eigenvalue weighted by Crippen LogP contribution is 2.20. The molecule has 24 heavy (non-hydrogen) atoms. The number of anilines is 1. The zero-order chi connectivity index (χ0) is 17.5. The maximum absolute atomic E-state index is 11.8. The van der Waals surface area contributed by atoms with E-state index in [1.165, 1.54) is 22.2 Å². The average molecular weight is 350 g/mol. The molecule has 1 aromatic rings. The van der Waals surface area contributed by atoms with Gasteiger partial charge in [0, 0.05) is 18.0 Å². The molecule has 6 nitrogen and oxygen atoms in total. The van der Waals surface area contributed by atoms with Crippen LogP contribution in [0.3, 0.4) is 0 Å². The molecule has 0 aliphatic carbocycles. The van der Waals surface area contributed by atoms with E-state index in [4.69, 9.17) is 4.74 Å². The van der Waals surface area contributed by atoms with Gasteiger partial charge >= 0.3 is 5.97 Å². The topological polar surface area (TPSA) is 75.7 Å². The average Bonchev–Trinajstić information content (AvgIpc) is 2.98. The van der Waals surface area contributed by atoms with Crippen molar-refractivity contribution in [2.24, 2.45) is 0 Å². The Labute approximate surface area is 145 Å². The van der Waals surface area contributed by atoms with E-state index in [2.05, 4.69) is 19.2 Å². The molecule has 1 N–H and O–H groups in total. The third-order valence-corrected chi connectivity index (χ3v) is 4.80. The van der Waals surface area contributed by atoms with E-state index < -0.39 is 11.9 Å². The van der Waals surface area contributed by atoms with E-state index in [0.29, 0.717) is 23.9 Å². The molecule has 0 radical (unpaired) electrons. The zero-order valence-corrected chi connectivity index (χ0v) is 14.7. The molecule has 1 aliphatic rings. The van der Waals surface area contributed by atoms with Crippen LogP contribution in [0.25, 0.3) is 0 Å². The number of nitrogens with zero attached hydrogens (tertiary/aromatic N) is 1. The Kier molecular flexibility index (Phi) is 6.66. The molecule has 1 aromatic carbocycles. The van der Waals surface area contributed by atoms with Crippen LogP contribution in [-0.2, 0) is 14.3 Å². The van der Waals surface area contributed by atoms with Crippen molar-refractivity contribution in [2.45, 2.75) is 26.2 Å². The van der Waals surface area contributed by atoms with E-state index >= 15 is 0 Å². The smallest absolute Gasteiger partial charge is 0.326 e. The Balaban J connectivity index is 1.74. The van der Waals surface area contributed by atoms with Crippen molar-refractivity contribution in [3.05, 3.63) is 29.8 Å². The van der Waals surface area contributed by atoms with Crippen LogP contribution in [0.15, 0.2) is 24.3 Å². The van der Waals surface area contributed by atoms with Crippen LogP contribution >= 0.6 is 11.8 Å². The Morgan fingerprint density at radius 2 is 2.04 bits per heavy atom. The molecule has 1 saturated heterocycles. The van der Waals surface area contributed by atoms with Crippen molar-refractivity contribution in [3.63, 3.8) is 0 Å². The maximum Gasteiger partial charge on any atom is 0.326 e. The number of hydrogen-bond acceptors (Lipinski definition) is 5. The predicted molar refractivity (Wildman–Crippen MR) is 94.2 cm³/mol. The van der Waals surface area contributed by atoms with Gasteiger partial charge < -0.3 is 15.0 Å². The van der Waals surface area contributed by atoms with Gasteiger partial charge in [0.25, 0.3) is 11.1 Å². The molecule has 2 amide bonds. The fourth-order valence-corrected chi connectivity index (χ4v) is 3.07. The largest absolute Gasteiger partial charge is 0.454 e. The number of esters is 1. The number of benzene rings is 1. The lowest BCUT2D eigenvalue weighted by Gasteiger charge is -2.13. The SMILES string of the molecule is CC[C@@H](C)c1ccc(NC(=O)COC(=O)CN2CCSC2=O)cc1. The number of rotatable bonds is 7. The molecule has 7 heteroatoms. The first-order valence-corrected chi connectivity index (χ1v) is 8.95. The summed E-state index contributed by atoms with van der Waals surface area (Å²) in [6.07, 6.45) is 1.06. The number of thioether (sulfide) groups is 1. The third-order valence-electron chi connectivity index (χ3n) is 3.90. The van der Waals surface area contributed by atoms with Crippen LogP contribution in [-0.4, -0.2) is 47.5 Å². The van der Waals surface area contributed by atoms with Gasteiger partial charge in [0.15, 0.2) is 6.61 Å². The minimum atomic E-state index is -0.576. The second-order valence-electron chi connectivity index (χ2n) is 5.68. The van der Waals surface area contributed by atoms with Gasteiger partial charge in [-0.1, -0.05) is 37.7 Å². The second kappa shape index (κ2) is 8.73. The molecule has 0 saturated carbocycles. The Hall–Kier alpha value is -2.02. The number of hydrogen-bond donors (Lipinski definition) is 1. The predicted octanol–water partition coefficient (Wildman–Crippen LogP) is 2.85. The van der Waals surface area contributed by atoms with Gasteiger partial charge in [0.05, 0.1) is 0 Å². The molecule has 0 aromatic heterocycles. The minimum Gasteiger partial charge on any atom is -0.454 e. The quantitative estimate of drug-likeness (QED) is 0.765. The molecule has 2 rings (SSSR count). The normalized spacial score (nSPS) is 15.2. The third kappa shape index (κ3) is 5.26. The lowest BCUT2D eigenvalue weighted by atomic mass is 9.99. The van der Waals surface area contributed by atoms with Crippen LogP contribution in [0, 0.1) is 0 Å². The summed E-state index contributed by atoms with van der Waals surface area (Å²) in [7, 11) is 0. The van der Waals surface area contributed by atoms with Gasteiger partial charge in [-0.15, -0.1) is 0 Å². The van der Waals surface area contributed by atoms with E-state index in [1.54, 1.807) is 0 Å². The van der Waals surface area contributed by atoms with E-state index in [0.717, 1.165) is 6.42 Å². The van der Waals surface area contributed by atoms with Crippen molar-refractivity contribution in [3.8, 4) is 0 Å². The number of ether oxygens (including phenoxy) is 1. The summed E-state index contributed by atoms with van der Waals surface area (Å²) in [6.45, 7) is 4.34. The van der Waals surface area contributed by atoms with Gasteiger partial charge in [-0.2, -0.15) is 0 Å². The Morgan fingerprint density at radius 1 is 1.33 bits per heavy atom. The van der Waals surface area contributed by atoms with Crippen LogP contribution in [0.5, 0.6) is 0 Å². The van der Waals surface area contributed by atoms with Gasteiger partial charge in [0.1, 0.15) is 6.54 Å². The van der Waals surface area contributed by atoms with Crippen molar-refractivity contribution in [1.82, 2.24) is 4.90 Å². The summed E-state index contributed by atoms with van der Waals surface area (Å²) in [4.78, 5) is 36.3. The summed E-state index contributed by atoms with van der Waals surface area (Å²) in [5.74, 6) is 0.177.